The van der Waals surface area contributed by atoms with Crippen molar-refractivity contribution in [2.24, 2.45) is 5.18 Å². The normalized spacial score (nSPS) is 11.7. The number of hydrogen-bond acceptors (Lipinski definition) is 7. The van der Waals surface area contributed by atoms with E-state index in [0.29, 0.717) is 16.6 Å². The summed E-state index contributed by atoms with van der Waals surface area (Å²) in [5, 5.41) is 7.24. The standard InChI is InChI=1S/C39H22N4O2S2/c1-2-24(39(44)40-45)20-28-14-17-32(38-37(28)41-47-42-38)27-13-18-33-34-19-16-31(23-36(34)46-35(33)22-27)43(29-10-4-3-5-11-29)30-15-12-25-8-6-7-9-26(25)21-30/h1,3-23H/b24-20+. The van der Waals surface area contributed by atoms with E-state index in [4.69, 9.17) is 6.42 Å². The molecule has 0 unspecified atom stereocenters. The van der Waals surface area contributed by atoms with Gasteiger partial charge in [-0.3, -0.25) is 4.79 Å². The third-order valence-electron chi connectivity index (χ3n) is 8.25. The first-order chi connectivity index (χ1) is 23.1. The highest BCUT2D eigenvalue weighted by atomic mass is 32.1. The lowest BCUT2D eigenvalue weighted by Gasteiger charge is -2.26. The van der Waals surface area contributed by atoms with Crippen LogP contribution in [-0.4, -0.2) is 14.7 Å². The fraction of sp³-hybridized carbons (Fsp3) is 0. The van der Waals surface area contributed by atoms with Crippen molar-refractivity contribution in [2.75, 3.05) is 4.90 Å². The highest BCUT2D eigenvalue weighted by Gasteiger charge is 2.17. The SMILES string of the molecule is C#C/C(=C\c1ccc(-c2ccc3c(c2)sc2cc(N(c4ccccc4)c4ccc5ccccc5c4)ccc23)c2nsnc12)C(=O)N=O. The number of terminal acetylenes is 1. The van der Waals surface area contributed by atoms with Crippen LogP contribution in [-0.2, 0) is 4.79 Å². The van der Waals surface area contributed by atoms with E-state index >= 15 is 0 Å². The first-order valence-corrected chi connectivity index (χ1v) is 16.3. The number of carbonyl (C=O) groups is 1. The van der Waals surface area contributed by atoms with Gasteiger partial charge in [0.15, 0.2) is 0 Å². The van der Waals surface area contributed by atoms with Crippen molar-refractivity contribution in [2.45, 2.75) is 0 Å². The van der Waals surface area contributed by atoms with Gasteiger partial charge < -0.3 is 4.90 Å². The van der Waals surface area contributed by atoms with E-state index in [2.05, 4.69) is 128 Å². The van der Waals surface area contributed by atoms with Gasteiger partial charge in [-0.1, -0.05) is 84.8 Å². The molecule has 6 nitrogen and oxygen atoms in total. The molecule has 8 rings (SSSR count). The number of rotatable bonds is 6. The van der Waals surface area contributed by atoms with Gasteiger partial charge in [0.1, 0.15) is 11.0 Å². The molecule has 0 fully saturated rings. The van der Waals surface area contributed by atoms with Crippen LogP contribution in [0.1, 0.15) is 5.56 Å². The van der Waals surface area contributed by atoms with Gasteiger partial charge in [-0.2, -0.15) is 8.75 Å². The van der Waals surface area contributed by atoms with Crippen molar-refractivity contribution in [1.29, 1.82) is 0 Å². The van der Waals surface area contributed by atoms with E-state index in [1.165, 1.54) is 32.3 Å². The molecule has 0 aliphatic rings. The molecular formula is C39H22N4O2S2. The Bertz CT molecular complexity index is 2600. The maximum atomic E-state index is 11.8. The van der Waals surface area contributed by atoms with Crippen LogP contribution in [0.2, 0.25) is 0 Å². The van der Waals surface area contributed by atoms with Crippen LogP contribution < -0.4 is 4.90 Å². The number of para-hydroxylation sites is 1. The summed E-state index contributed by atoms with van der Waals surface area (Å²) in [5.74, 6) is 1.25. The minimum Gasteiger partial charge on any atom is -0.310 e. The number of aromatic nitrogens is 2. The molecule has 8 heteroatoms. The van der Waals surface area contributed by atoms with Crippen LogP contribution in [0.15, 0.2) is 132 Å². The Morgan fingerprint density at radius 1 is 0.723 bits per heavy atom. The van der Waals surface area contributed by atoms with E-state index in [1.54, 1.807) is 11.3 Å². The van der Waals surface area contributed by atoms with Gasteiger partial charge in [0.05, 0.1) is 17.3 Å². The number of amides is 1. The Balaban J connectivity index is 1.22. The predicted octanol–water partition coefficient (Wildman–Crippen LogP) is 10.7. The summed E-state index contributed by atoms with van der Waals surface area (Å²) < 4.78 is 11.4. The summed E-state index contributed by atoms with van der Waals surface area (Å²) in [5.41, 5.74) is 6.97. The molecule has 0 bridgehead atoms. The van der Waals surface area contributed by atoms with Crippen LogP contribution >= 0.6 is 23.1 Å². The lowest BCUT2D eigenvalue weighted by atomic mass is 9.99. The van der Waals surface area contributed by atoms with Gasteiger partial charge in [0.25, 0.3) is 0 Å². The molecule has 222 valence electrons. The van der Waals surface area contributed by atoms with Gasteiger partial charge in [-0.05, 0) is 64.9 Å². The van der Waals surface area contributed by atoms with Gasteiger partial charge in [-0.25, -0.2) is 0 Å². The van der Waals surface area contributed by atoms with Crippen LogP contribution in [0.25, 0.3) is 59.2 Å². The molecule has 2 aromatic heterocycles. The average Bonchev–Trinajstić information content (AvgIpc) is 3.76. The highest BCUT2D eigenvalue weighted by Crippen LogP contribution is 2.42. The van der Waals surface area contributed by atoms with Crippen LogP contribution in [0.3, 0.4) is 0 Å². The molecule has 1 amide bonds. The van der Waals surface area contributed by atoms with Crippen molar-refractivity contribution < 1.29 is 4.79 Å². The van der Waals surface area contributed by atoms with Crippen molar-refractivity contribution in [1.82, 2.24) is 8.75 Å². The second-order valence-corrected chi connectivity index (χ2v) is 12.6. The molecule has 0 atom stereocenters. The Morgan fingerprint density at radius 3 is 2.23 bits per heavy atom. The van der Waals surface area contributed by atoms with Crippen LogP contribution in [0, 0.1) is 17.3 Å². The summed E-state index contributed by atoms with van der Waals surface area (Å²) in [6.45, 7) is 0. The van der Waals surface area contributed by atoms with E-state index in [1.807, 2.05) is 18.2 Å². The second kappa shape index (κ2) is 11.7. The van der Waals surface area contributed by atoms with Gasteiger partial charge in [0.2, 0.25) is 0 Å². The van der Waals surface area contributed by atoms with Crippen LogP contribution in [0.4, 0.5) is 17.1 Å². The van der Waals surface area contributed by atoms with E-state index in [9.17, 15) is 9.70 Å². The van der Waals surface area contributed by atoms with Gasteiger partial charge in [0, 0.05) is 53.5 Å². The number of nitrogens with zero attached hydrogens (tertiary/aromatic N) is 4. The molecule has 0 aliphatic carbocycles. The molecule has 0 aliphatic heterocycles. The number of nitroso groups, excluding NO2 is 1. The monoisotopic (exact) mass is 642 g/mol. The molecule has 2 heterocycles. The van der Waals surface area contributed by atoms with E-state index in [0.717, 1.165) is 44.6 Å². The minimum atomic E-state index is -0.990. The Kier molecular flexibility index (Phi) is 7.10. The van der Waals surface area contributed by atoms with E-state index in [-0.39, 0.29) is 5.57 Å². The molecule has 0 spiro atoms. The lowest BCUT2D eigenvalue weighted by Crippen LogP contribution is -2.09. The summed E-state index contributed by atoms with van der Waals surface area (Å²) in [4.78, 5) is 24.9. The molecule has 0 N–H and O–H groups in total. The minimum absolute atomic E-state index is 0.125. The summed E-state index contributed by atoms with van der Waals surface area (Å²) in [7, 11) is 0. The van der Waals surface area contributed by atoms with Crippen molar-refractivity contribution in [3.63, 3.8) is 0 Å². The maximum Gasteiger partial charge on any atom is 0.325 e. The quantitative estimate of drug-likeness (QED) is 0.102. The van der Waals surface area contributed by atoms with Gasteiger partial charge >= 0.3 is 5.91 Å². The Morgan fingerprint density at radius 2 is 1.43 bits per heavy atom. The lowest BCUT2D eigenvalue weighted by molar-refractivity contribution is -0.114. The first-order valence-electron chi connectivity index (χ1n) is 14.7. The molecule has 8 aromatic rings. The topological polar surface area (TPSA) is 75.5 Å². The molecule has 0 radical (unpaired) electrons. The third-order valence-corrected chi connectivity index (χ3v) is 9.89. The zero-order valence-electron chi connectivity index (χ0n) is 24.6. The number of carbonyl (C=O) groups excluding carboxylic acids is 1. The summed E-state index contributed by atoms with van der Waals surface area (Å²) in [6, 6.07) is 42.3. The largest absolute Gasteiger partial charge is 0.325 e. The average molecular weight is 643 g/mol. The number of hydrogen-bond donors (Lipinski definition) is 0. The van der Waals surface area contributed by atoms with Crippen molar-refractivity contribution in [3.8, 4) is 23.5 Å². The number of anilines is 3. The van der Waals surface area contributed by atoms with Crippen molar-refractivity contribution in [3.05, 3.63) is 137 Å². The van der Waals surface area contributed by atoms with Crippen LogP contribution in [0.5, 0.6) is 0 Å². The molecule has 0 saturated carbocycles. The highest BCUT2D eigenvalue weighted by molar-refractivity contribution is 7.25. The first kappa shape index (κ1) is 28.5. The summed E-state index contributed by atoms with van der Waals surface area (Å²) in [6.07, 6.45) is 6.91. The molecule has 6 aromatic carbocycles. The number of benzene rings is 6. The molecule has 0 saturated heterocycles. The number of fused-ring (bicyclic) bond motifs is 5. The zero-order chi connectivity index (χ0) is 31.9. The van der Waals surface area contributed by atoms with E-state index < -0.39 is 5.91 Å². The smallest absolute Gasteiger partial charge is 0.310 e. The molecule has 47 heavy (non-hydrogen) atoms. The maximum absolute atomic E-state index is 11.8. The Hall–Kier alpha value is -6.01. The molecular weight excluding hydrogens is 621 g/mol. The fourth-order valence-electron chi connectivity index (χ4n) is 6.02. The van der Waals surface area contributed by atoms with Gasteiger partial charge in [-0.15, -0.1) is 22.7 Å². The number of thiophene rings is 1. The zero-order valence-corrected chi connectivity index (χ0v) is 26.3. The predicted molar refractivity (Wildman–Crippen MR) is 196 cm³/mol. The Labute approximate surface area is 277 Å². The second-order valence-electron chi connectivity index (χ2n) is 11.0. The summed E-state index contributed by atoms with van der Waals surface area (Å²) >= 11 is 2.83. The van der Waals surface area contributed by atoms with Crippen molar-refractivity contribution >= 4 is 94.1 Å². The fourth-order valence-corrected chi connectivity index (χ4v) is 7.78. The third kappa shape index (κ3) is 5.04.